The maximum atomic E-state index is 12.6. The predicted octanol–water partition coefficient (Wildman–Crippen LogP) is 4.00. The smallest absolute Gasteiger partial charge is 0.415 e. The number of pyridine rings is 1. The van der Waals surface area contributed by atoms with Crippen molar-refractivity contribution in [3.05, 3.63) is 23.9 Å². The molecule has 23 heavy (non-hydrogen) atoms. The summed E-state index contributed by atoms with van der Waals surface area (Å²) in [6, 6.07) is 4.38. The van der Waals surface area contributed by atoms with Crippen molar-refractivity contribution in [2.75, 3.05) is 24.5 Å². The van der Waals surface area contributed by atoms with Crippen LogP contribution in [0.3, 0.4) is 0 Å². The van der Waals surface area contributed by atoms with Gasteiger partial charge in [0.1, 0.15) is 11.4 Å². The second-order valence-electron chi connectivity index (χ2n) is 6.93. The number of rotatable bonds is 4. The van der Waals surface area contributed by atoms with Gasteiger partial charge in [-0.15, -0.1) is 0 Å². The summed E-state index contributed by atoms with van der Waals surface area (Å²) in [5.74, 6) is 0.731. The minimum Gasteiger partial charge on any atom is -0.443 e. The van der Waals surface area contributed by atoms with Crippen LogP contribution >= 0.6 is 0 Å². The molecule has 0 aliphatic carbocycles. The number of carbonyl (C=O) groups is 1. The van der Waals surface area contributed by atoms with Crippen LogP contribution in [0.15, 0.2) is 18.3 Å². The molecular formula is C18H29N3O2. The number of carbonyl (C=O) groups excluding carboxylic acids is 1. The summed E-state index contributed by atoms with van der Waals surface area (Å²) in [6.45, 7) is 12.4. The summed E-state index contributed by atoms with van der Waals surface area (Å²) in [6.07, 6.45) is 3.71. The van der Waals surface area contributed by atoms with Crippen molar-refractivity contribution in [2.24, 2.45) is 0 Å². The van der Waals surface area contributed by atoms with Gasteiger partial charge in [-0.1, -0.05) is 13.0 Å². The summed E-state index contributed by atoms with van der Waals surface area (Å²) in [5.41, 5.74) is 0.613. The average molecular weight is 319 g/mol. The van der Waals surface area contributed by atoms with Crippen LogP contribution in [0, 0.1) is 0 Å². The van der Waals surface area contributed by atoms with Crippen LogP contribution in [0.2, 0.25) is 0 Å². The standard InChI is InChI=1S/C18H29N3O2/c1-6-20-13-9-11-15(20)14-10-8-12-19-16(14)21(7-2)17(22)23-18(3,4)5/h8,10,12,15H,6-7,9,11,13H2,1-5H3/t15-/m0/s1. The second-order valence-corrected chi connectivity index (χ2v) is 6.93. The van der Waals surface area contributed by atoms with E-state index < -0.39 is 5.60 Å². The van der Waals surface area contributed by atoms with Crippen LogP contribution in [0.1, 0.15) is 59.1 Å². The normalized spacial score (nSPS) is 18.9. The van der Waals surface area contributed by atoms with E-state index in [1.807, 2.05) is 33.8 Å². The van der Waals surface area contributed by atoms with E-state index in [9.17, 15) is 4.79 Å². The molecular weight excluding hydrogens is 290 g/mol. The van der Waals surface area contributed by atoms with Crippen molar-refractivity contribution in [3.8, 4) is 0 Å². The molecule has 1 atom stereocenters. The zero-order valence-electron chi connectivity index (χ0n) is 15.0. The van der Waals surface area contributed by atoms with Gasteiger partial charge in [-0.05, 0) is 59.7 Å². The van der Waals surface area contributed by atoms with Crippen molar-refractivity contribution in [1.82, 2.24) is 9.88 Å². The maximum absolute atomic E-state index is 12.6. The van der Waals surface area contributed by atoms with Crippen molar-refractivity contribution in [1.29, 1.82) is 0 Å². The Hall–Kier alpha value is -1.62. The molecule has 1 fully saturated rings. The molecule has 0 aromatic carbocycles. The lowest BCUT2D eigenvalue weighted by molar-refractivity contribution is 0.0580. The molecule has 0 radical (unpaired) electrons. The fourth-order valence-electron chi connectivity index (χ4n) is 3.13. The molecule has 1 aliphatic heterocycles. The molecule has 2 heterocycles. The quantitative estimate of drug-likeness (QED) is 0.841. The molecule has 5 nitrogen and oxygen atoms in total. The van der Waals surface area contributed by atoms with Gasteiger partial charge in [-0.3, -0.25) is 9.80 Å². The third-order valence-electron chi connectivity index (χ3n) is 4.13. The van der Waals surface area contributed by atoms with Crippen LogP contribution < -0.4 is 4.90 Å². The monoisotopic (exact) mass is 319 g/mol. The summed E-state index contributed by atoms with van der Waals surface area (Å²) in [4.78, 5) is 21.2. The maximum Gasteiger partial charge on any atom is 0.415 e. The fraction of sp³-hybridized carbons (Fsp3) is 0.667. The van der Waals surface area contributed by atoms with E-state index in [-0.39, 0.29) is 6.09 Å². The Morgan fingerprint density at radius 3 is 2.78 bits per heavy atom. The van der Waals surface area contributed by atoms with E-state index in [2.05, 4.69) is 22.9 Å². The summed E-state index contributed by atoms with van der Waals surface area (Å²) >= 11 is 0. The van der Waals surface area contributed by atoms with E-state index >= 15 is 0 Å². The molecule has 1 aliphatic rings. The molecule has 1 amide bonds. The van der Waals surface area contributed by atoms with E-state index in [1.165, 1.54) is 6.42 Å². The summed E-state index contributed by atoms with van der Waals surface area (Å²) in [7, 11) is 0. The van der Waals surface area contributed by atoms with Gasteiger partial charge in [0, 0.05) is 24.3 Å². The Bertz CT molecular complexity index is 539. The van der Waals surface area contributed by atoms with Crippen LogP contribution in [-0.4, -0.2) is 41.2 Å². The SMILES string of the molecule is CCN(C(=O)OC(C)(C)C)c1ncccc1[C@@H]1CCCN1CC. The van der Waals surface area contributed by atoms with Crippen molar-refractivity contribution in [3.63, 3.8) is 0 Å². The Labute approximate surface area is 139 Å². The number of aromatic nitrogens is 1. The minimum atomic E-state index is -0.512. The highest BCUT2D eigenvalue weighted by Gasteiger charge is 2.31. The lowest BCUT2D eigenvalue weighted by Crippen LogP contribution is -2.38. The third-order valence-corrected chi connectivity index (χ3v) is 4.13. The van der Waals surface area contributed by atoms with Crippen molar-refractivity contribution < 1.29 is 9.53 Å². The Morgan fingerprint density at radius 1 is 1.43 bits per heavy atom. The number of anilines is 1. The van der Waals surface area contributed by atoms with Gasteiger partial charge < -0.3 is 4.74 Å². The zero-order chi connectivity index (χ0) is 17.0. The molecule has 0 bridgehead atoms. The molecule has 1 aromatic rings. The largest absolute Gasteiger partial charge is 0.443 e. The zero-order valence-corrected chi connectivity index (χ0v) is 15.0. The Balaban J connectivity index is 2.32. The molecule has 5 heteroatoms. The average Bonchev–Trinajstić information content (AvgIpc) is 2.95. The van der Waals surface area contributed by atoms with E-state index in [0.29, 0.717) is 12.6 Å². The van der Waals surface area contributed by atoms with E-state index in [0.717, 1.165) is 30.9 Å². The summed E-state index contributed by atoms with van der Waals surface area (Å²) in [5, 5.41) is 0. The fourth-order valence-corrected chi connectivity index (χ4v) is 3.13. The van der Waals surface area contributed by atoms with Crippen LogP contribution in [-0.2, 0) is 4.74 Å². The van der Waals surface area contributed by atoms with Gasteiger partial charge in [-0.2, -0.15) is 0 Å². The highest BCUT2D eigenvalue weighted by atomic mass is 16.6. The molecule has 2 rings (SSSR count). The van der Waals surface area contributed by atoms with Gasteiger partial charge in [0.15, 0.2) is 0 Å². The lowest BCUT2D eigenvalue weighted by Gasteiger charge is -2.30. The van der Waals surface area contributed by atoms with Crippen molar-refractivity contribution in [2.45, 2.75) is 59.1 Å². The van der Waals surface area contributed by atoms with Crippen molar-refractivity contribution >= 4 is 11.9 Å². The topological polar surface area (TPSA) is 45.7 Å². The third kappa shape index (κ3) is 4.22. The Morgan fingerprint density at radius 2 is 2.17 bits per heavy atom. The highest BCUT2D eigenvalue weighted by molar-refractivity contribution is 5.87. The molecule has 1 saturated heterocycles. The van der Waals surface area contributed by atoms with Gasteiger partial charge >= 0.3 is 6.09 Å². The molecule has 0 unspecified atom stereocenters. The summed E-state index contributed by atoms with van der Waals surface area (Å²) < 4.78 is 5.55. The first kappa shape index (κ1) is 17.7. The molecule has 0 N–H and O–H groups in total. The molecule has 1 aromatic heterocycles. The molecule has 128 valence electrons. The first-order chi connectivity index (χ1) is 10.9. The number of hydrogen-bond donors (Lipinski definition) is 0. The second kappa shape index (κ2) is 7.30. The van der Waals surface area contributed by atoms with E-state index in [1.54, 1.807) is 11.1 Å². The van der Waals surface area contributed by atoms with Gasteiger partial charge in [0.05, 0.1) is 0 Å². The molecule has 0 spiro atoms. The lowest BCUT2D eigenvalue weighted by atomic mass is 10.0. The first-order valence-electron chi connectivity index (χ1n) is 8.56. The Kier molecular flexibility index (Phi) is 5.63. The van der Waals surface area contributed by atoms with E-state index in [4.69, 9.17) is 4.74 Å². The molecule has 0 saturated carbocycles. The highest BCUT2D eigenvalue weighted by Crippen LogP contribution is 2.36. The minimum absolute atomic E-state index is 0.332. The number of amides is 1. The number of nitrogens with zero attached hydrogens (tertiary/aromatic N) is 3. The predicted molar refractivity (Wildman–Crippen MR) is 92.7 cm³/mol. The van der Waals surface area contributed by atoms with Gasteiger partial charge in [-0.25, -0.2) is 9.78 Å². The van der Waals surface area contributed by atoms with Crippen LogP contribution in [0.25, 0.3) is 0 Å². The number of ether oxygens (including phenoxy) is 1. The number of hydrogen-bond acceptors (Lipinski definition) is 4. The van der Waals surface area contributed by atoms with Gasteiger partial charge in [0.25, 0.3) is 0 Å². The van der Waals surface area contributed by atoms with Gasteiger partial charge in [0.2, 0.25) is 0 Å². The number of likely N-dealkylation sites (tertiary alicyclic amines) is 1. The first-order valence-corrected chi connectivity index (χ1v) is 8.56. The van der Waals surface area contributed by atoms with Crippen LogP contribution in [0.4, 0.5) is 10.6 Å². The van der Waals surface area contributed by atoms with Crippen LogP contribution in [0.5, 0.6) is 0 Å².